The molecule has 5 heteroatoms. The average Bonchev–Trinajstić information content (AvgIpc) is 2.79. The normalized spacial score (nSPS) is 29.1. The molecule has 2 rings (SSSR count). The average molecular weight is 278 g/mol. The van der Waals surface area contributed by atoms with Crippen LogP contribution < -0.4 is 11.1 Å². The van der Waals surface area contributed by atoms with E-state index >= 15 is 0 Å². The molecule has 3 N–H and O–H groups in total. The molecule has 1 aliphatic rings. The number of rotatable bonds is 3. The van der Waals surface area contributed by atoms with Gasteiger partial charge in [0.05, 0.1) is 12.2 Å². The molecule has 20 heavy (non-hydrogen) atoms. The fourth-order valence-corrected chi connectivity index (χ4v) is 3.18. The van der Waals surface area contributed by atoms with Crippen LogP contribution in [0.25, 0.3) is 0 Å². The minimum absolute atomic E-state index is 0.0287. The number of hydrogen-bond acceptors (Lipinski definition) is 3. The second-order valence-electron chi connectivity index (χ2n) is 6.60. The molecule has 0 bridgehead atoms. The van der Waals surface area contributed by atoms with Crippen LogP contribution in [0.1, 0.15) is 39.3 Å². The van der Waals surface area contributed by atoms with E-state index in [0.717, 1.165) is 18.5 Å². The highest BCUT2D eigenvalue weighted by molar-refractivity contribution is 5.79. The number of nitrogens with zero attached hydrogens (tertiary/aromatic N) is 2. The maximum absolute atomic E-state index is 12.5. The second kappa shape index (κ2) is 5.56. The maximum Gasteiger partial charge on any atom is 0.223 e. The first-order chi connectivity index (χ1) is 9.32. The minimum atomic E-state index is -0.0636. The molecule has 5 nitrogen and oxygen atoms in total. The number of hydrogen-bond donors (Lipinski definition) is 2. The zero-order valence-corrected chi connectivity index (χ0v) is 12.9. The molecule has 0 aromatic carbocycles. The van der Waals surface area contributed by atoms with Gasteiger partial charge in [0, 0.05) is 25.2 Å². The van der Waals surface area contributed by atoms with Gasteiger partial charge in [0.1, 0.15) is 0 Å². The Hall–Kier alpha value is -1.36. The third kappa shape index (κ3) is 2.87. The summed E-state index contributed by atoms with van der Waals surface area (Å²) in [6, 6.07) is 2.12. The largest absolute Gasteiger partial charge is 0.350 e. The zero-order chi connectivity index (χ0) is 14.9. The number of aryl methyl sites for hydroxylation is 1. The molecule has 1 heterocycles. The zero-order valence-electron chi connectivity index (χ0n) is 12.9. The van der Waals surface area contributed by atoms with Gasteiger partial charge >= 0.3 is 0 Å². The van der Waals surface area contributed by atoms with Gasteiger partial charge < -0.3 is 11.1 Å². The smallest absolute Gasteiger partial charge is 0.223 e. The van der Waals surface area contributed by atoms with Crippen LogP contribution in [0.4, 0.5) is 0 Å². The van der Waals surface area contributed by atoms with Crippen LogP contribution in [-0.4, -0.2) is 21.7 Å². The lowest BCUT2D eigenvalue weighted by atomic mass is 9.61. The van der Waals surface area contributed by atoms with Gasteiger partial charge in [-0.1, -0.05) is 20.8 Å². The number of amides is 1. The summed E-state index contributed by atoms with van der Waals surface area (Å²) in [5, 5.41) is 7.29. The summed E-state index contributed by atoms with van der Waals surface area (Å²) in [5.41, 5.74) is 6.96. The van der Waals surface area contributed by atoms with E-state index in [-0.39, 0.29) is 23.3 Å². The van der Waals surface area contributed by atoms with E-state index in [0.29, 0.717) is 12.5 Å². The standard InChI is InChI=1S/C15H26N4O/c1-10-13(16)6-5-12(15(10,2)3)14(20)17-9-11-7-8-19(4)18-11/h7-8,10,12-13H,5-6,9,16H2,1-4H3,(H,17,20). The SMILES string of the molecule is CC1C(N)CCC(C(=O)NCc2ccn(C)n2)C1(C)C. The van der Waals surface area contributed by atoms with Crippen molar-refractivity contribution in [1.82, 2.24) is 15.1 Å². The number of nitrogens with one attached hydrogen (secondary N) is 1. The summed E-state index contributed by atoms with van der Waals surface area (Å²) in [4.78, 5) is 12.5. The lowest BCUT2D eigenvalue weighted by molar-refractivity contribution is -0.132. The Kier molecular flexibility index (Phi) is 4.18. The van der Waals surface area contributed by atoms with Gasteiger partial charge in [0.2, 0.25) is 5.91 Å². The van der Waals surface area contributed by atoms with Gasteiger partial charge in [-0.3, -0.25) is 9.48 Å². The summed E-state index contributed by atoms with van der Waals surface area (Å²) in [7, 11) is 1.87. The van der Waals surface area contributed by atoms with E-state index in [2.05, 4.69) is 31.2 Å². The van der Waals surface area contributed by atoms with Crippen LogP contribution >= 0.6 is 0 Å². The fourth-order valence-electron chi connectivity index (χ4n) is 3.18. The molecule has 1 aromatic rings. The predicted octanol–water partition coefficient (Wildman–Crippen LogP) is 1.44. The molecule has 0 radical (unpaired) electrons. The number of aromatic nitrogens is 2. The molecule has 0 aliphatic heterocycles. The van der Waals surface area contributed by atoms with Crippen molar-refractivity contribution >= 4 is 5.91 Å². The van der Waals surface area contributed by atoms with Gasteiger partial charge in [-0.05, 0) is 30.2 Å². The Morgan fingerprint density at radius 3 is 2.85 bits per heavy atom. The van der Waals surface area contributed by atoms with Crippen LogP contribution in [0, 0.1) is 17.3 Å². The van der Waals surface area contributed by atoms with E-state index < -0.39 is 0 Å². The van der Waals surface area contributed by atoms with Crippen molar-refractivity contribution in [1.29, 1.82) is 0 Å². The van der Waals surface area contributed by atoms with Crippen molar-refractivity contribution in [3.05, 3.63) is 18.0 Å². The first-order valence-electron chi connectivity index (χ1n) is 7.34. The summed E-state index contributed by atoms with van der Waals surface area (Å²) in [6.07, 6.45) is 3.67. The summed E-state index contributed by atoms with van der Waals surface area (Å²) in [5.74, 6) is 0.502. The lowest BCUT2D eigenvalue weighted by Crippen LogP contribution is -2.51. The van der Waals surface area contributed by atoms with Crippen LogP contribution in [-0.2, 0) is 18.4 Å². The minimum Gasteiger partial charge on any atom is -0.350 e. The summed E-state index contributed by atoms with van der Waals surface area (Å²) < 4.78 is 1.74. The third-order valence-corrected chi connectivity index (χ3v) is 5.03. The molecule has 1 saturated carbocycles. The molecule has 1 amide bonds. The second-order valence-corrected chi connectivity index (χ2v) is 6.60. The Balaban J connectivity index is 1.98. The van der Waals surface area contributed by atoms with Gasteiger partial charge in [-0.15, -0.1) is 0 Å². The molecule has 1 aromatic heterocycles. The first-order valence-corrected chi connectivity index (χ1v) is 7.34. The first kappa shape index (κ1) is 15.0. The highest BCUT2D eigenvalue weighted by atomic mass is 16.1. The lowest BCUT2D eigenvalue weighted by Gasteiger charge is -2.46. The Morgan fingerprint density at radius 2 is 2.25 bits per heavy atom. The van der Waals surface area contributed by atoms with Crippen molar-refractivity contribution < 1.29 is 4.79 Å². The van der Waals surface area contributed by atoms with Gasteiger partial charge in [-0.25, -0.2) is 0 Å². The Bertz CT molecular complexity index is 480. The molecule has 0 spiro atoms. The molecule has 0 saturated heterocycles. The van der Waals surface area contributed by atoms with Gasteiger partial charge in [0.15, 0.2) is 0 Å². The number of nitrogens with two attached hydrogens (primary N) is 1. The monoisotopic (exact) mass is 278 g/mol. The number of carbonyl (C=O) groups is 1. The van der Waals surface area contributed by atoms with E-state index in [1.54, 1.807) is 4.68 Å². The van der Waals surface area contributed by atoms with Gasteiger partial charge in [0.25, 0.3) is 0 Å². The van der Waals surface area contributed by atoms with Crippen LogP contribution in [0.5, 0.6) is 0 Å². The van der Waals surface area contributed by atoms with Crippen molar-refractivity contribution in [2.24, 2.45) is 30.0 Å². The predicted molar refractivity (Wildman–Crippen MR) is 78.7 cm³/mol. The highest BCUT2D eigenvalue weighted by Gasteiger charge is 2.44. The van der Waals surface area contributed by atoms with Crippen molar-refractivity contribution in [3.8, 4) is 0 Å². The van der Waals surface area contributed by atoms with Crippen LogP contribution in [0.2, 0.25) is 0 Å². The molecular formula is C15H26N4O. The molecule has 1 aliphatic carbocycles. The Labute approximate surface area is 120 Å². The Morgan fingerprint density at radius 1 is 1.55 bits per heavy atom. The van der Waals surface area contributed by atoms with E-state index in [9.17, 15) is 4.79 Å². The third-order valence-electron chi connectivity index (χ3n) is 5.03. The van der Waals surface area contributed by atoms with E-state index in [4.69, 9.17) is 5.73 Å². The van der Waals surface area contributed by atoms with Crippen LogP contribution in [0.3, 0.4) is 0 Å². The summed E-state index contributed by atoms with van der Waals surface area (Å²) in [6.45, 7) is 6.96. The highest BCUT2D eigenvalue weighted by Crippen LogP contribution is 2.44. The molecule has 1 fully saturated rings. The topological polar surface area (TPSA) is 72.9 Å². The van der Waals surface area contributed by atoms with Crippen LogP contribution in [0.15, 0.2) is 12.3 Å². The van der Waals surface area contributed by atoms with Crippen molar-refractivity contribution in [2.75, 3.05) is 0 Å². The molecule has 112 valence electrons. The fraction of sp³-hybridized carbons (Fsp3) is 0.733. The molecular weight excluding hydrogens is 252 g/mol. The number of carbonyl (C=O) groups excluding carboxylic acids is 1. The van der Waals surface area contributed by atoms with Gasteiger partial charge in [-0.2, -0.15) is 5.10 Å². The maximum atomic E-state index is 12.5. The summed E-state index contributed by atoms with van der Waals surface area (Å²) >= 11 is 0. The van der Waals surface area contributed by atoms with E-state index in [1.165, 1.54) is 0 Å². The van der Waals surface area contributed by atoms with E-state index in [1.807, 2.05) is 19.3 Å². The molecule has 3 atom stereocenters. The van der Waals surface area contributed by atoms with Crippen molar-refractivity contribution in [3.63, 3.8) is 0 Å². The molecule has 3 unspecified atom stereocenters. The van der Waals surface area contributed by atoms with Crippen molar-refractivity contribution in [2.45, 2.75) is 46.2 Å². The quantitative estimate of drug-likeness (QED) is 0.878.